The van der Waals surface area contributed by atoms with Crippen LogP contribution in [-0.2, 0) is 79.7 Å². The van der Waals surface area contributed by atoms with Crippen LogP contribution in [0.2, 0.25) is 0 Å². The zero-order valence-electron chi connectivity index (χ0n) is 56.9. The molecule has 0 aliphatic carbocycles. The fourth-order valence-electron chi connectivity index (χ4n) is 9.66. The molecule has 8 N–H and O–H groups in total. The zero-order valence-corrected chi connectivity index (χ0v) is 56.9. The predicted octanol–water partition coefficient (Wildman–Crippen LogP) is 4.74. The third-order valence-electron chi connectivity index (χ3n) is 15.7. The standard InChI is InChI=1S/C67H99N11O17/c1-13-43(5)57-60(81)72-48(10)64(85)95-58(44(6)14-2)46(8)53(27-22-45(7)63(84)93-54(38-42(3)4)59(80)71-47(9)61(82)77(12)52(39-49-20-16-15-17-21-49)62(83)76(11)40-56(79)74-57)94-67(88)70-30-19-33-90-35-37-91-36-34-89-32-18-29-69-66(87)92-41-50-23-25-51(26-24-50)75-78-31-28-55(68)73-65(78)86/h14-17,20-26,28,31,42-43,46-48,52-54,57-58,75H,13,18-19,27,29-30,32-41H2,1-12H3,(H,69,87)(H,70,88)(H,71,80)(H,72,81)(H,74,79)(H2,68,73,86)/b44-14+,45-22+/t43?,46-,47-,48+,52+,53-,54+,57?,58+/m0/s1. The number of amides is 7. The van der Waals surface area contributed by atoms with Crippen molar-refractivity contribution in [3.8, 4) is 0 Å². The second-order valence-corrected chi connectivity index (χ2v) is 23.9. The van der Waals surface area contributed by atoms with E-state index in [9.17, 15) is 47.9 Å². The Balaban J connectivity index is 1.35. The van der Waals surface area contributed by atoms with Gasteiger partial charge in [-0.2, -0.15) is 4.98 Å². The van der Waals surface area contributed by atoms with E-state index < -0.39 is 120 Å². The maximum absolute atomic E-state index is 14.3. The minimum atomic E-state index is -1.35. The largest absolute Gasteiger partial charge is 0.456 e. The number of benzene rings is 2. The molecule has 1 aliphatic rings. The van der Waals surface area contributed by atoms with E-state index in [0.717, 1.165) is 10.5 Å². The van der Waals surface area contributed by atoms with Crippen LogP contribution >= 0.6 is 0 Å². The first kappa shape index (κ1) is 78.6. The van der Waals surface area contributed by atoms with E-state index >= 15 is 0 Å². The van der Waals surface area contributed by atoms with Gasteiger partial charge in [-0.25, -0.2) is 28.6 Å². The lowest BCUT2D eigenvalue weighted by Crippen LogP contribution is -2.57. The van der Waals surface area contributed by atoms with Crippen LogP contribution in [0.3, 0.4) is 0 Å². The molecule has 28 heteroatoms. The number of allylic oxidation sites excluding steroid dienone is 1. The molecule has 2 unspecified atom stereocenters. The number of hydrogen-bond acceptors (Lipinski definition) is 20. The minimum Gasteiger partial charge on any atom is -0.456 e. The summed E-state index contributed by atoms with van der Waals surface area (Å²) in [5.74, 6) is -6.34. The average Bonchev–Trinajstić information content (AvgIpc) is 0.866. The first-order chi connectivity index (χ1) is 45.2. The number of carbonyl (C=O) groups is 9. The van der Waals surface area contributed by atoms with Crippen LogP contribution < -0.4 is 43.4 Å². The van der Waals surface area contributed by atoms with Gasteiger partial charge in [0.15, 0.2) is 6.10 Å². The molecule has 524 valence electrons. The van der Waals surface area contributed by atoms with Crippen molar-refractivity contribution in [2.24, 2.45) is 17.8 Å². The molecule has 28 nitrogen and oxygen atoms in total. The summed E-state index contributed by atoms with van der Waals surface area (Å²) in [5, 5.41) is 13.5. The third-order valence-corrected chi connectivity index (χ3v) is 15.7. The molecule has 0 saturated carbocycles. The Morgan fingerprint density at radius 2 is 1.38 bits per heavy atom. The highest BCUT2D eigenvalue weighted by atomic mass is 16.6. The second kappa shape index (κ2) is 41.1. The number of likely N-dealkylation sites (N-methyl/N-ethyl adjacent to an activating group) is 2. The van der Waals surface area contributed by atoms with Gasteiger partial charge < -0.3 is 75.3 Å². The highest BCUT2D eigenvalue weighted by Crippen LogP contribution is 2.26. The van der Waals surface area contributed by atoms with Crippen molar-refractivity contribution >= 4 is 65.2 Å². The molecular formula is C67H99N11O17. The van der Waals surface area contributed by atoms with E-state index in [2.05, 4.69) is 37.0 Å². The summed E-state index contributed by atoms with van der Waals surface area (Å²) < 4.78 is 41.3. The lowest BCUT2D eigenvalue weighted by Gasteiger charge is -2.33. The van der Waals surface area contributed by atoms with Crippen LogP contribution in [-0.4, -0.2) is 189 Å². The van der Waals surface area contributed by atoms with Crippen LogP contribution in [0.25, 0.3) is 0 Å². The number of nitrogens with zero attached hydrogens (tertiary/aromatic N) is 4. The number of hydrogen-bond donors (Lipinski definition) is 7. The van der Waals surface area contributed by atoms with Crippen molar-refractivity contribution in [1.29, 1.82) is 0 Å². The van der Waals surface area contributed by atoms with E-state index in [4.69, 9.17) is 38.9 Å². The topological polar surface area (TPSA) is 358 Å². The lowest BCUT2D eigenvalue weighted by atomic mass is 9.90. The van der Waals surface area contributed by atoms with Gasteiger partial charge in [-0.15, -0.1) is 0 Å². The molecule has 3 aromatic rings. The molecule has 7 amide bonds. The van der Waals surface area contributed by atoms with Gasteiger partial charge in [0.1, 0.15) is 48.8 Å². The zero-order chi connectivity index (χ0) is 70.1. The molecule has 2 aromatic carbocycles. The molecule has 95 heavy (non-hydrogen) atoms. The fraction of sp³-hybridized carbons (Fsp3) is 0.567. The van der Waals surface area contributed by atoms with Crippen LogP contribution in [0.1, 0.15) is 112 Å². The Morgan fingerprint density at radius 3 is 1.98 bits per heavy atom. The maximum Gasteiger partial charge on any atom is 0.407 e. The highest BCUT2D eigenvalue weighted by molar-refractivity contribution is 5.96. The molecule has 9 atom stereocenters. The first-order valence-electron chi connectivity index (χ1n) is 32.2. The van der Waals surface area contributed by atoms with Crippen molar-refractivity contribution in [3.05, 3.63) is 112 Å². The Morgan fingerprint density at radius 1 is 0.768 bits per heavy atom. The predicted molar refractivity (Wildman–Crippen MR) is 354 cm³/mol. The molecule has 0 fully saturated rings. The smallest absolute Gasteiger partial charge is 0.407 e. The molecule has 0 spiro atoms. The van der Waals surface area contributed by atoms with Crippen molar-refractivity contribution in [2.45, 2.75) is 157 Å². The molecule has 0 bridgehead atoms. The van der Waals surface area contributed by atoms with Gasteiger partial charge in [-0.3, -0.25) is 29.4 Å². The third kappa shape index (κ3) is 27.5. The monoisotopic (exact) mass is 1330 g/mol. The molecule has 0 radical (unpaired) electrons. The van der Waals surface area contributed by atoms with Crippen LogP contribution in [0.15, 0.2) is 95.0 Å². The number of nitrogens with two attached hydrogens (primary N) is 1. The Kier molecular flexibility index (Phi) is 33.9. The van der Waals surface area contributed by atoms with Crippen LogP contribution in [0.5, 0.6) is 0 Å². The Labute approximate surface area is 556 Å². The summed E-state index contributed by atoms with van der Waals surface area (Å²) in [6, 6.07) is 12.6. The lowest BCUT2D eigenvalue weighted by molar-refractivity contribution is -0.155. The highest BCUT2D eigenvalue weighted by Gasteiger charge is 2.38. The number of nitrogens with one attached hydrogen (secondary N) is 6. The SMILES string of the molecule is C/C=C(\C)[C@H]1OC(=O)[C@@H](C)NC(=O)C(C(C)CC)NC(=O)CN(C)C(=O)[C@@H](Cc2ccccc2)N(C)C(=O)[C@H](C)NC(=O)[C@@H](CC(C)C)OC(=O)/C(C)=C/C[C@H](OC(=O)NCCCOCCOCCOCCCNC(=O)OCc2ccc(Nn3ccc(N)nc3=O)cc2)[C@@H]1C. The number of aromatic nitrogens is 2. The number of carbonyl (C=O) groups excluding carboxylic acids is 9. The average molecular weight is 1330 g/mol. The maximum atomic E-state index is 14.3. The van der Waals surface area contributed by atoms with Gasteiger partial charge in [0.05, 0.1) is 38.7 Å². The summed E-state index contributed by atoms with van der Waals surface area (Å²) >= 11 is 0. The van der Waals surface area contributed by atoms with Crippen molar-refractivity contribution in [3.63, 3.8) is 0 Å². The molecule has 0 saturated heterocycles. The minimum absolute atomic E-state index is 0.0432. The molecule has 1 aliphatic heterocycles. The molecular weight excluding hydrogens is 1230 g/mol. The number of anilines is 2. The molecule has 4 rings (SSSR count). The van der Waals surface area contributed by atoms with Gasteiger partial charge in [0.2, 0.25) is 23.6 Å². The van der Waals surface area contributed by atoms with Gasteiger partial charge in [0.25, 0.3) is 5.91 Å². The van der Waals surface area contributed by atoms with Crippen molar-refractivity contribution in [2.75, 3.05) is 84.5 Å². The normalized spacial score (nSPS) is 22.1. The van der Waals surface area contributed by atoms with Gasteiger partial charge in [0, 0.05) is 70.9 Å². The molecule has 2 heterocycles. The molecule has 1 aromatic heterocycles. The van der Waals surface area contributed by atoms with Gasteiger partial charge in [-0.05, 0) is 101 Å². The van der Waals surface area contributed by atoms with E-state index in [1.165, 1.54) is 62.8 Å². The summed E-state index contributed by atoms with van der Waals surface area (Å²) in [6.07, 6.45) is 1.24. The van der Waals surface area contributed by atoms with E-state index in [-0.39, 0.29) is 69.5 Å². The Hall–Kier alpha value is -8.89. The van der Waals surface area contributed by atoms with Crippen LogP contribution in [0.4, 0.5) is 21.1 Å². The van der Waals surface area contributed by atoms with E-state index in [0.29, 0.717) is 62.5 Å². The number of alkyl carbamates (subject to hydrolysis) is 2. The number of nitrogen functional groups attached to an aromatic ring is 1. The summed E-state index contributed by atoms with van der Waals surface area (Å²) in [6.45, 7) is 18.6. The number of ether oxygens (including phenoxy) is 7. The van der Waals surface area contributed by atoms with Crippen molar-refractivity contribution in [1.82, 2.24) is 46.0 Å². The Bertz CT molecular complexity index is 3110. The quantitative estimate of drug-likeness (QED) is 0.0247. The first-order valence-corrected chi connectivity index (χ1v) is 32.2. The van der Waals surface area contributed by atoms with Crippen molar-refractivity contribution < 1.29 is 76.3 Å². The van der Waals surface area contributed by atoms with Crippen LogP contribution in [0, 0.1) is 17.8 Å². The van der Waals surface area contributed by atoms with E-state index in [1.807, 2.05) is 20.8 Å². The number of rotatable bonds is 26. The summed E-state index contributed by atoms with van der Waals surface area (Å²) in [7, 11) is 2.82. The number of cyclic esters (lactones) is 2. The van der Waals surface area contributed by atoms with Gasteiger partial charge in [-0.1, -0.05) is 95.7 Å². The van der Waals surface area contributed by atoms with Gasteiger partial charge >= 0.3 is 29.8 Å². The summed E-state index contributed by atoms with van der Waals surface area (Å²) in [5.41, 5.74) is 10.6. The number of esters is 2. The fourth-order valence-corrected chi connectivity index (χ4v) is 9.66. The second-order valence-electron chi connectivity index (χ2n) is 23.9. The van der Waals surface area contributed by atoms with E-state index in [1.54, 1.807) is 88.4 Å². The summed E-state index contributed by atoms with van der Waals surface area (Å²) in [4.78, 5) is 142.